The minimum absolute atomic E-state index is 0.0761. The molecule has 19 heavy (non-hydrogen) atoms. The summed E-state index contributed by atoms with van der Waals surface area (Å²) in [5.74, 6) is -2.30. The van der Waals surface area contributed by atoms with Gasteiger partial charge < -0.3 is 15.2 Å². The van der Waals surface area contributed by atoms with Gasteiger partial charge in [-0.2, -0.15) is 0 Å². The molecule has 0 bridgehead atoms. The molecule has 0 aliphatic carbocycles. The molecule has 0 aromatic heterocycles. The van der Waals surface area contributed by atoms with Crippen LogP contribution in [0.5, 0.6) is 0 Å². The third-order valence-corrected chi connectivity index (χ3v) is 3.38. The average Bonchev–Trinajstić information content (AvgIpc) is 2.36. The van der Waals surface area contributed by atoms with E-state index in [0.29, 0.717) is 10.7 Å². The lowest BCUT2D eigenvalue weighted by atomic mass is 9.78. The van der Waals surface area contributed by atoms with Gasteiger partial charge in [-0.05, 0) is 24.4 Å². The molecule has 0 fully saturated rings. The number of hydrogen-bond donors (Lipinski definition) is 2. The van der Waals surface area contributed by atoms with Crippen LogP contribution in [0.4, 0.5) is 5.69 Å². The molecule has 2 N–H and O–H groups in total. The topological polar surface area (TPSA) is 75.6 Å². The zero-order valence-corrected chi connectivity index (χ0v) is 11.2. The number of carboxylic acid groups (broad SMARTS) is 1. The van der Waals surface area contributed by atoms with E-state index >= 15 is 0 Å². The SMILES string of the molecule is COC(=O)C1(C(=O)O)C=CNc2cc(Cl)cc(Cl)c21. The Bertz CT molecular complexity index is 600. The number of hydrogen-bond acceptors (Lipinski definition) is 4. The van der Waals surface area contributed by atoms with E-state index in [2.05, 4.69) is 10.1 Å². The monoisotopic (exact) mass is 301 g/mol. The molecular weight excluding hydrogens is 293 g/mol. The molecule has 100 valence electrons. The molecule has 2 rings (SSSR count). The Hall–Kier alpha value is -1.72. The molecule has 1 aromatic carbocycles. The fourth-order valence-electron chi connectivity index (χ4n) is 2.02. The summed E-state index contributed by atoms with van der Waals surface area (Å²) in [5.41, 5.74) is -1.51. The third-order valence-electron chi connectivity index (χ3n) is 2.87. The zero-order valence-electron chi connectivity index (χ0n) is 9.74. The predicted molar refractivity (Wildman–Crippen MR) is 70.6 cm³/mol. The normalized spacial score (nSPS) is 20.4. The van der Waals surface area contributed by atoms with Crippen LogP contribution in [0.2, 0.25) is 10.0 Å². The molecule has 1 aliphatic rings. The Morgan fingerprint density at radius 2 is 2.05 bits per heavy atom. The quantitative estimate of drug-likeness (QED) is 0.648. The summed E-state index contributed by atoms with van der Waals surface area (Å²) in [7, 11) is 1.12. The van der Waals surface area contributed by atoms with Crippen LogP contribution in [0.1, 0.15) is 5.56 Å². The van der Waals surface area contributed by atoms with Gasteiger partial charge in [-0.3, -0.25) is 9.59 Å². The van der Waals surface area contributed by atoms with Crippen LogP contribution < -0.4 is 5.32 Å². The number of carbonyl (C=O) groups is 2. The molecule has 0 radical (unpaired) electrons. The highest BCUT2D eigenvalue weighted by Gasteiger charge is 2.51. The smallest absolute Gasteiger partial charge is 0.331 e. The maximum atomic E-state index is 12.0. The Labute approximate surface area is 118 Å². The Morgan fingerprint density at radius 1 is 1.37 bits per heavy atom. The first-order valence-electron chi connectivity index (χ1n) is 5.19. The molecule has 5 nitrogen and oxygen atoms in total. The molecule has 1 heterocycles. The number of halogens is 2. The summed E-state index contributed by atoms with van der Waals surface area (Å²) < 4.78 is 4.61. The molecule has 0 saturated heterocycles. The Morgan fingerprint density at radius 3 is 2.63 bits per heavy atom. The number of nitrogens with one attached hydrogen (secondary N) is 1. The second kappa shape index (κ2) is 4.75. The van der Waals surface area contributed by atoms with E-state index in [-0.39, 0.29) is 10.6 Å². The molecule has 7 heteroatoms. The Kier molecular flexibility index (Phi) is 3.43. The number of anilines is 1. The highest BCUT2D eigenvalue weighted by Crippen LogP contribution is 2.42. The Balaban J connectivity index is 2.79. The maximum Gasteiger partial charge on any atom is 0.331 e. The first-order valence-corrected chi connectivity index (χ1v) is 5.94. The lowest BCUT2D eigenvalue weighted by molar-refractivity contribution is -0.157. The maximum absolute atomic E-state index is 12.0. The number of benzene rings is 1. The molecule has 1 aliphatic heterocycles. The number of methoxy groups -OCH3 is 1. The second-order valence-corrected chi connectivity index (χ2v) is 4.74. The summed E-state index contributed by atoms with van der Waals surface area (Å²) in [6.07, 6.45) is 2.54. The van der Waals surface area contributed by atoms with E-state index in [9.17, 15) is 14.7 Å². The van der Waals surface area contributed by atoms with Crippen molar-refractivity contribution in [2.75, 3.05) is 12.4 Å². The largest absolute Gasteiger partial charge is 0.480 e. The zero-order chi connectivity index (χ0) is 14.2. The lowest BCUT2D eigenvalue weighted by Crippen LogP contribution is -2.45. The second-order valence-electron chi connectivity index (χ2n) is 3.89. The summed E-state index contributed by atoms with van der Waals surface area (Å²) in [6.45, 7) is 0. The first kappa shape index (κ1) is 13.7. The fraction of sp³-hybridized carbons (Fsp3) is 0.167. The van der Waals surface area contributed by atoms with E-state index in [1.54, 1.807) is 0 Å². The summed E-state index contributed by atoms with van der Waals surface area (Å²) in [4.78, 5) is 23.6. The van der Waals surface area contributed by atoms with Gasteiger partial charge >= 0.3 is 11.9 Å². The van der Waals surface area contributed by atoms with Crippen LogP contribution in [-0.4, -0.2) is 24.2 Å². The minimum atomic E-state index is -1.98. The number of aliphatic carboxylic acids is 1. The lowest BCUT2D eigenvalue weighted by Gasteiger charge is -2.30. The van der Waals surface area contributed by atoms with Gasteiger partial charge in [-0.25, -0.2) is 0 Å². The van der Waals surface area contributed by atoms with Crippen LogP contribution >= 0.6 is 23.2 Å². The number of fused-ring (bicyclic) bond motifs is 1. The van der Waals surface area contributed by atoms with Gasteiger partial charge in [-0.1, -0.05) is 23.2 Å². The summed E-state index contributed by atoms with van der Waals surface area (Å²) in [6, 6.07) is 2.87. The summed E-state index contributed by atoms with van der Waals surface area (Å²) in [5, 5.41) is 12.7. The van der Waals surface area contributed by atoms with Gasteiger partial charge in [-0.15, -0.1) is 0 Å². The third kappa shape index (κ3) is 1.95. The van der Waals surface area contributed by atoms with Crippen molar-refractivity contribution in [3.63, 3.8) is 0 Å². The van der Waals surface area contributed by atoms with Gasteiger partial charge in [0, 0.05) is 21.3 Å². The molecule has 0 amide bonds. The van der Waals surface area contributed by atoms with Crippen molar-refractivity contribution in [3.05, 3.63) is 40.0 Å². The van der Waals surface area contributed by atoms with Crippen molar-refractivity contribution in [2.24, 2.45) is 0 Å². The standard InChI is InChI=1S/C12H9Cl2NO4/c1-19-11(18)12(10(16)17)2-3-15-8-5-6(13)4-7(14)9(8)12/h2-5,15H,1H3,(H,16,17). The summed E-state index contributed by atoms with van der Waals surface area (Å²) >= 11 is 11.9. The van der Waals surface area contributed by atoms with Crippen LogP contribution in [0.15, 0.2) is 24.4 Å². The first-order chi connectivity index (χ1) is 8.93. The predicted octanol–water partition coefficient (Wildman–Crippen LogP) is 2.43. The van der Waals surface area contributed by atoms with Gasteiger partial charge in [0.1, 0.15) is 0 Å². The number of carbonyl (C=O) groups excluding carboxylic acids is 1. The van der Waals surface area contributed by atoms with Crippen molar-refractivity contribution in [1.29, 1.82) is 0 Å². The van der Waals surface area contributed by atoms with Crippen LogP contribution in [0.25, 0.3) is 0 Å². The number of carboxylic acids is 1. The van der Waals surface area contributed by atoms with Gasteiger partial charge in [0.15, 0.2) is 0 Å². The van der Waals surface area contributed by atoms with Gasteiger partial charge in [0.2, 0.25) is 5.41 Å². The number of rotatable bonds is 2. The molecular formula is C12H9Cl2NO4. The van der Waals surface area contributed by atoms with E-state index in [0.717, 1.165) is 7.11 Å². The van der Waals surface area contributed by atoms with Gasteiger partial charge in [0.25, 0.3) is 0 Å². The molecule has 0 saturated carbocycles. The van der Waals surface area contributed by atoms with E-state index in [1.165, 1.54) is 24.4 Å². The molecule has 1 unspecified atom stereocenters. The van der Waals surface area contributed by atoms with E-state index < -0.39 is 17.4 Å². The fourth-order valence-corrected chi connectivity index (χ4v) is 2.67. The number of ether oxygens (including phenoxy) is 1. The van der Waals surface area contributed by atoms with Gasteiger partial charge in [0.05, 0.1) is 7.11 Å². The number of esters is 1. The van der Waals surface area contributed by atoms with Crippen LogP contribution in [-0.2, 0) is 19.7 Å². The molecule has 1 atom stereocenters. The average molecular weight is 302 g/mol. The highest BCUT2D eigenvalue weighted by molar-refractivity contribution is 6.36. The van der Waals surface area contributed by atoms with Crippen molar-refractivity contribution in [1.82, 2.24) is 0 Å². The van der Waals surface area contributed by atoms with Crippen LogP contribution in [0.3, 0.4) is 0 Å². The van der Waals surface area contributed by atoms with Crippen molar-refractivity contribution < 1.29 is 19.4 Å². The van der Waals surface area contributed by atoms with Crippen LogP contribution in [0, 0.1) is 0 Å². The van der Waals surface area contributed by atoms with E-state index in [4.69, 9.17) is 23.2 Å². The van der Waals surface area contributed by atoms with Crippen molar-refractivity contribution >= 4 is 40.8 Å². The van der Waals surface area contributed by atoms with Crippen molar-refractivity contribution in [3.8, 4) is 0 Å². The highest BCUT2D eigenvalue weighted by atomic mass is 35.5. The van der Waals surface area contributed by atoms with E-state index in [1.807, 2.05) is 0 Å². The molecule has 1 aromatic rings. The minimum Gasteiger partial charge on any atom is -0.480 e. The molecule has 0 spiro atoms. The van der Waals surface area contributed by atoms with Crippen molar-refractivity contribution in [2.45, 2.75) is 5.41 Å².